The molecule has 22 heavy (non-hydrogen) atoms. The number of non-ortho nitro benzene ring substituents is 2. The molecule has 2 aromatic rings. The number of nitrogens with zero attached hydrogens (tertiary/aromatic N) is 2. The number of hydrogen-bond acceptors (Lipinski definition) is 5. The Bertz CT molecular complexity index is 746. The monoisotopic (exact) mass is 413 g/mol. The zero-order valence-electron chi connectivity index (χ0n) is 10.9. The Kier molecular flexibility index (Phi) is 4.65. The van der Waals surface area contributed by atoms with E-state index in [0.717, 1.165) is 21.8 Å². The van der Waals surface area contributed by atoms with Crippen LogP contribution in [-0.2, 0) is 0 Å². The number of carbonyl (C=O) groups is 1. The van der Waals surface area contributed by atoms with Crippen LogP contribution in [0.4, 0.5) is 17.1 Å². The van der Waals surface area contributed by atoms with Crippen LogP contribution in [0, 0.1) is 23.8 Å². The summed E-state index contributed by atoms with van der Waals surface area (Å²) in [5.41, 5.74) is -0.660. The van der Waals surface area contributed by atoms with Gasteiger partial charge in [-0.15, -0.1) is 0 Å². The molecule has 1 N–H and O–H groups in total. The maximum atomic E-state index is 12.2. The number of rotatable bonds is 4. The quantitative estimate of drug-likeness (QED) is 0.469. The molecule has 0 aromatic heterocycles. The van der Waals surface area contributed by atoms with Gasteiger partial charge in [0.2, 0.25) is 0 Å². The summed E-state index contributed by atoms with van der Waals surface area (Å²) in [6.45, 7) is 0. The minimum Gasteiger partial charge on any atom is -0.321 e. The van der Waals surface area contributed by atoms with E-state index in [-0.39, 0.29) is 5.56 Å². The van der Waals surface area contributed by atoms with E-state index in [1.165, 1.54) is 0 Å². The summed E-state index contributed by atoms with van der Waals surface area (Å²) in [7, 11) is 0. The van der Waals surface area contributed by atoms with Crippen molar-refractivity contribution in [2.24, 2.45) is 0 Å². The lowest BCUT2D eigenvalue weighted by molar-refractivity contribution is -0.394. The average molecular weight is 413 g/mol. The van der Waals surface area contributed by atoms with Crippen molar-refractivity contribution in [3.63, 3.8) is 0 Å². The molecule has 0 spiro atoms. The molecule has 0 fully saturated rings. The molecule has 0 aliphatic carbocycles. The van der Waals surface area contributed by atoms with E-state index in [4.69, 9.17) is 0 Å². The highest BCUT2D eigenvalue weighted by atomic mass is 127. The first kappa shape index (κ1) is 15.8. The number of nitro groups is 2. The van der Waals surface area contributed by atoms with Crippen molar-refractivity contribution in [2.75, 3.05) is 5.32 Å². The number of anilines is 1. The lowest BCUT2D eigenvalue weighted by atomic mass is 10.1. The number of para-hydroxylation sites is 1. The molecule has 0 saturated heterocycles. The predicted molar refractivity (Wildman–Crippen MR) is 86.9 cm³/mol. The van der Waals surface area contributed by atoms with E-state index in [0.29, 0.717) is 5.69 Å². The highest BCUT2D eigenvalue weighted by Gasteiger charge is 2.20. The van der Waals surface area contributed by atoms with Crippen LogP contribution in [0.5, 0.6) is 0 Å². The Hall–Kier alpha value is -2.56. The summed E-state index contributed by atoms with van der Waals surface area (Å²) in [5, 5.41) is 24.2. The molecule has 9 heteroatoms. The topological polar surface area (TPSA) is 115 Å². The second-order valence-corrected chi connectivity index (χ2v) is 5.35. The summed E-state index contributed by atoms with van der Waals surface area (Å²) in [6, 6.07) is 9.74. The number of nitro benzene ring substituents is 2. The first-order valence-corrected chi connectivity index (χ1v) is 6.96. The van der Waals surface area contributed by atoms with Gasteiger partial charge in [-0.3, -0.25) is 25.0 Å². The lowest BCUT2D eigenvalue weighted by Gasteiger charge is -2.07. The Morgan fingerprint density at radius 1 is 1.00 bits per heavy atom. The molecular weight excluding hydrogens is 405 g/mol. The predicted octanol–water partition coefficient (Wildman–Crippen LogP) is 3.36. The Balaban J connectivity index is 2.39. The van der Waals surface area contributed by atoms with E-state index in [9.17, 15) is 25.0 Å². The molecule has 0 radical (unpaired) electrons. The van der Waals surface area contributed by atoms with Crippen molar-refractivity contribution in [1.82, 2.24) is 0 Å². The van der Waals surface area contributed by atoms with Crippen LogP contribution >= 0.6 is 22.6 Å². The molecule has 0 heterocycles. The molecule has 2 rings (SSSR count). The molecule has 0 unspecified atom stereocenters. The van der Waals surface area contributed by atoms with Crippen LogP contribution in [0.1, 0.15) is 10.4 Å². The molecule has 0 atom stereocenters. The normalized spacial score (nSPS) is 10.0. The first-order chi connectivity index (χ1) is 10.4. The number of carbonyl (C=O) groups excluding carboxylic acids is 1. The minimum atomic E-state index is -0.782. The lowest BCUT2D eigenvalue weighted by Crippen LogP contribution is -2.13. The van der Waals surface area contributed by atoms with E-state index < -0.39 is 27.1 Å². The molecule has 0 bridgehead atoms. The van der Waals surface area contributed by atoms with Gasteiger partial charge >= 0.3 is 0 Å². The van der Waals surface area contributed by atoms with Gasteiger partial charge in [-0.25, -0.2) is 0 Å². The maximum absolute atomic E-state index is 12.2. The summed E-state index contributed by atoms with van der Waals surface area (Å²) < 4.78 is 0.772. The van der Waals surface area contributed by atoms with Crippen LogP contribution in [0.25, 0.3) is 0 Å². The van der Waals surface area contributed by atoms with E-state index >= 15 is 0 Å². The average Bonchev–Trinajstić information content (AvgIpc) is 2.49. The van der Waals surface area contributed by atoms with Gasteiger partial charge < -0.3 is 5.32 Å². The molecule has 0 aliphatic heterocycles. The van der Waals surface area contributed by atoms with Crippen molar-refractivity contribution in [1.29, 1.82) is 0 Å². The third-order valence-electron chi connectivity index (χ3n) is 2.71. The Morgan fingerprint density at radius 2 is 1.55 bits per heavy atom. The van der Waals surface area contributed by atoms with Crippen LogP contribution in [-0.4, -0.2) is 15.8 Å². The Labute approximate surface area is 137 Å². The molecule has 0 aliphatic rings. The maximum Gasteiger partial charge on any atom is 0.277 e. The van der Waals surface area contributed by atoms with E-state index in [1.54, 1.807) is 24.3 Å². The van der Waals surface area contributed by atoms with Crippen molar-refractivity contribution < 1.29 is 14.6 Å². The largest absolute Gasteiger partial charge is 0.321 e. The van der Waals surface area contributed by atoms with Gasteiger partial charge in [0.05, 0.1) is 27.2 Å². The summed E-state index contributed by atoms with van der Waals surface area (Å²) in [6.07, 6.45) is 0. The molecule has 112 valence electrons. The second-order valence-electron chi connectivity index (χ2n) is 4.19. The Morgan fingerprint density at radius 3 is 2.05 bits per heavy atom. The van der Waals surface area contributed by atoms with E-state index in [2.05, 4.69) is 5.32 Å². The molecular formula is C13H8IN3O5. The molecule has 1 amide bonds. The van der Waals surface area contributed by atoms with Crippen LogP contribution in [0.3, 0.4) is 0 Å². The fourth-order valence-corrected chi connectivity index (χ4v) is 2.22. The molecule has 2 aromatic carbocycles. The summed E-state index contributed by atoms with van der Waals surface area (Å²) in [5.74, 6) is -0.657. The number of amides is 1. The van der Waals surface area contributed by atoms with Gasteiger partial charge in [0.1, 0.15) is 0 Å². The third kappa shape index (κ3) is 3.55. The van der Waals surface area contributed by atoms with Gasteiger partial charge in [0.25, 0.3) is 17.3 Å². The zero-order valence-corrected chi connectivity index (χ0v) is 13.0. The highest BCUT2D eigenvalue weighted by Crippen LogP contribution is 2.24. The van der Waals surface area contributed by atoms with Gasteiger partial charge in [0.15, 0.2) is 0 Å². The van der Waals surface area contributed by atoms with Gasteiger partial charge in [-0.05, 0) is 34.7 Å². The minimum absolute atomic E-state index is 0.152. The number of halogens is 1. The SMILES string of the molecule is O=C(Nc1ccccc1I)c1cc([N+](=O)[O-])cc([N+](=O)[O-])c1. The van der Waals surface area contributed by atoms with Crippen molar-refractivity contribution in [3.05, 3.63) is 71.8 Å². The van der Waals surface area contributed by atoms with Crippen molar-refractivity contribution >= 4 is 45.6 Å². The standard InChI is InChI=1S/C13H8IN3O5/c14-11-3-1-2-4-12(11)15-13(18)8-5-9(16(19)20)7-10(6-8)17(21)22/h1-7H,(H,15,18). The summed E-state index contributed by atoms with van der Waals surface area (Å²) in [4.78, 5) is 32.2. The number of nitrogens with one attached hydrogen (secondary N) is 1. The summed E-state index contributed by atoms with van der Waals surface area (Å²) >= 11 is 2.02. The van der Waals surface area contributed by atoms with Crippen LogP contribution in [0.15, 0.2) is 42.5 Å². The highest BCUT2D eigenvalue weighted by molar-refractivity contribution is 14.1. The fourth-order valence-electron chi connectivity index (χ4n) is 1.69. The zero-order chi connectivity index (χ0) is 16.3. The fraction of sp³-hybridized carbons (Fsp3) is 0. The van der Waals surface area contributed by atoms with Crippen molar-refractivity contribution in [3.8, 4) is 0 Å². The number of hydrogen-bond donors (Lipinski definition) is 1. The van der Waals surface area contributed by atoms with Crippen LogP contribution < -0.4 is 5.32 Å². The second kappa shape index (κ2) is 6.47. The number of benzene rings is 2. The van der Waals surface area contributed by atoms with E-state index in [1.807, 2.05) is 22.6 Å². The van der Waals surface area contributed by atoms with Crippen LogP contribution in [0.2, 0.25) is 0 Å². The van der Waals surface area contributed by atoms with Crippen molar-refractivity contribution in [2.45, 2.75) is 0 Å². The smallest absolute Gasteiger partial charge is 0.277 e. The molecule has 8 nitrogen and oxygen atoms in total. The van der Waals surface area contributed by atoms with Gasteiger partial charge in [-0.2, -0.15) is 0 Å². The molecule has 0 saturated carbocycles. The van der Waals surface area contributed by atoms with Gasteiger partial charge in [-0.1, -0.05) is 12.1 Å². The van der Waals surface area contributed by atoms with Gasteiger partial charge in [0, 0.05) is 15.7 Å². The third-order valence-corrected chi connectivity index (χ3v) is 3.65. The first-order valence-electron chi connectivity index (χ1n) is 5.88.